The molecule has 0 N–H and O–H groups in total. The van der Waals surface area contributed by atoms with Crippen molar-refractivity contribution in [1.29, 1.82) is 5.26 Å². The van der Waals surface area contributed by atoms with Crippen molar-refractivity contribution in [1.82, 2.24) is 0 Å². The number of nitrogens with zero attached hydrogens (tertiary/aromatic N) is 1. The van der Waals surface area contributed by atoms with Crippen LogP contribution in [0.3, 0.4) is 0 Å². The van der Waals surface area contributed by atoms with Gasteiger partial charge in [-0.3, -0.25) is 0 Å². The fourth-order valence-corrected chi connectivity index (χ4v) is 10.6. The molecule has 1 aromatic heterocycles. The van der Waals surface area contributed by atoms with Crippen molar-refractivity contribution >= 4 is 43.0 Å². The fourth-order valence-electron chi connectivity index (χ4n) is 9.30. The van der Waals surface area contributed by atoms with E-state index in [4.69, 9.17) is 0 Å². The molecule has 0 aliphatic heterocycles. The number of hydrogen-bond acceptors (Lipinski definition) is 2. The summed E-state index contributed by atoms with van der Waals surface area (Å²) in [6, 6.07) is 62.4. The van der Waals surface area contributed by atoms with Crippen LogP contribution in [0.15, 0.2) is 164 Å². The molecule has 2 heteroatoms. The number of nitriles is 1. The molecule has 0 fully saturated rings. The minimum absolute atomic E-state index is 0.476. The summed E-state index contributed by atoms with van der Waals surface area (Å²) in [4.78, 5) is 1.31. The molecular formula is C48H27NS. The summed E-state index contributed by atoms with van der Waals surface area (Å²) in [5.74, 6) is 0. The molecule has 1 unspecified atom stereocenters. The molecule has 1 spiro atoms. The Labute approximate surface area is 294 Å². The van der Waals surface area contributed by atoms with Crippen LogP contribution < -0.4 is 0 Å². The average molecular weight is 650 g/mol. The maximum atomic E-state index is 9.79. The van der Waals surface area contributed by atoms with Crippen molar-refractivity contribution in [2.75, 3.05) is 0 Å². The van der Waals surface area contributed by atoms with Crippen LogP contribution in [0.25, 0.3) is 75.5 Å². The normalized spacial score (nSPS) is 15.3. The highest BCUT2D eigenvalue weighted by Crippen LogP contribution is 2.67. The SMILES string of the molecule is N#Cc1ccc2c3c(sc2c1)-c1ccccc1C31c2ccccc2-c2c(-c3c4ccccc4c(-c4ccccc4)c4ccccc34)cccc21. The third kappa shape index (κ3) is 3.40. The zero-order chi connectivity index (χ0) is 33.0. The van der Waals surface area contributed by atoms with Crippen molar-refractivity contribution in [3.63, 3.8) is 0 Å². The largest absolute Gasteiger partial charge is 0.192 e. The van der Waals surface area contributed by atoms with Crippen molar-refractivity contribution in [3.8, 4) is 49.9 Å². The van der Waals surface area contributed by atoms with E-state index >= 15 is 0 Å². The van der Waals surface area contributed by atoms with Gasteiger partial charge in [0.15, 0.2) is 0 Å². The van der Waals surface area contributed by atoms with Gasteiger partial charge in [-0.25, -0.2) is 0 Å². The molecule has 8 aromatic carbocycles. The van der Waals surface area contributed by atoms with E-state index in [9.17, 15) is 5.26 Å². The first-order valence-electron chi connectivity index (χ1n) is 17.1. The van der Waals surface area contributed by atoms with Gasteiger partial charge in [0.05, 0.1) is 17.0 Å². The molecule has 230 valence electrons. The van der Waals surface area contributed by atoms with E-state index in [1.807, 2.05) is 17.4 Å². The molecular weight excluding hydrogens is 623 g/mol. The summed E-state index contributed by atoms with van der Waals surface area (Å²) in [5.41, 5.74) is 14.5. The Kier molecular flexibility index (Phi) is 5.60. The summed E-state index contributed by atoms with van der Waals surface area (Å²) < 4.78 is 1.17. The van der Waals surface area contributed by atoms with Crippen molar-refractivity contribution in [2.24, 2.45) is 0 Å². The molecule has 0 bridgehead atoms. The molecule has 1 atom stereocenters. The third-order valence-corrected chi connectivity index (χ3v) is 12.3. The monoisotopic (exact) mass is 649 g/mol. The molecule has 11 rings (SSSR count). The van der Waals surface area contributed by atoms with Gasteiger partial charge in [0, 0.05) is 9.58 Å². The molecule has 0 radical (unpaired) electrons. The number of benzene rings is 8. The fraction of sp³-hybridized carbons (Fsp3) is 0.0208. The quantitative estimate of drug-likeness (QED) is 0.171. The van der Waals surface area contributed by atoms with Gasteiger partial charge >= 0.3 is 0 Å². The summed E-state index contributed by atoms with van der Waals surface area (Å²) in [5, 5.41) is 16.1. The molecule has 2 aliphatic carbocycles. The van der Waals surface area contributed by atoms with Crippen LogP contribution in [0.1, 0.15) is 27.8 Å². The first-order chi connectivity index (χ1) is 24.8. The molecule has 50 heavy (non-hydrogen) atoms. The number of hydrogen-bond donors (Lipinski definition) is 0. The Morgan fingerprint density at radius 3 is 1.70 bits per heavy atom. The predicted molar refractivity (Wildman–Crippen MR) is 209 cm³/mol. The number of rotatable bonds is 2. The van der Waals surface area contributed by atoms with Gasteiger partial charge in [-0.05, 0) is 100 Å². The standard InChI is InChI=1S/C48H27NS/c49-28-29-25-26-37-42(27-29)50-47-36-20-9-11-23-40(36)48(46(37)47)39-22-10-8-19-35(39)45-38(21-12-24-41(45)48)44-33-17-6-4-15-31(33)43(30-13-2-1-3-14-30)32-16-5-7-18-34(32)44/h1-27H. The van der Waals surface area contributed by atoms with Gasteiger partial charge in [-0.2, -0.15) is 5.26 Å². The Bertz CT molecular complexity index is 2880. The summed E-state index contributed by atoms with van der Waals surface area (Å²) >= 11 is 1.82. The zero-order valence-electron chi connectivity index (χ0n) is 26.9. The van der Waals surface area contributed by atoms with Crippen molar-refractivity contribution in [2.45, 2.75) is 5.41 Å². The number of thiophene rings is 1. The highest BCUT2D eigenvalue weighted by Gasteiger charge is 2.53. The van der Waals surface area contributed by atoms with E-state index in [0.29, 0.717) is 5.56 Å². The van der Waals surface area contributed by atoms with Crippen LogP contribution in [-0.2, 0) is 5.41 Å². The van der Waals surface area contributed by atoms with Crippen molar-refractivity contribution < 1.29 is 0 Å². The summed E-state index contributed by atoms with van der Waals surface area (Å²) in [7, 11) is 0. The second kappa shape index (κ2) is 10.1. The highest BCUT2D eigenvalue weighted by atomic mass is 32.1. The van der Waals surface area contributed by atoms with Gasteiger partial charge in [0.1, 0.15) is 0 Å². The van der Waals surface area contributed by atoms with E-state index in [0.717, 1.165) is 0 Å². The van der Waals surface area contributed by atoms with E-state index < -0.39 is 5.41 Å². The first kappa shape index (κ1) is 27.7. The maximum absolute atomic E-state index is 9.79. The summed E-state index contributed by atoms with van der Waals surface area (Å²) in [6.45, 7) is 0. The van der Waals surface area contributed by atoms with E-state index in [2.05, 4.69) is 164 Å². The Balaban J connectivity index is 1.31. The second-order valence-electron chi connectivity index (χ2n) is 13.4. The topological polar surface area (TPSA) is 23.8 Å². The molecule has 0 amide bonds. The molecule has 9 aromatic rings. The average Bonchev–Trinajstić information content (AvgIpc) is 3.80. The molecule has 0 saturated carbocycles. The lowest BCUT2D eigenvalue weighted by Crippen LogP contribution is -2.25. The highest BCUT2D eigenvalue weighted by molar-refractivity contribution is 7.22. The van der Waals surface area contributed by atoms with Gasteiger partial charge < -0.3 is 0 Å². The van der Waals surface area contributed by atoms with Crippen LogP contribution in [0.4, 0.5) is 0 Å². The van der Waals surface area contributed by atoms with Crippen LogP contribution in [-0.4, -0.2) is 0 Å². The van der Waals surface area contributed by atoms with Gasteiger partial charge in [0.25, 0.3) is 0 Å². The van der Waals surface area contributed by atoms with E-state index in [1.54, 1.807) is 0 Å². The van der Waals surface area contributed by atoms with Crippen LogP contribution >= 0.6 is 11.3 Å². The maximum Gasteiger partial charge on any atom is 0.0992 e. The van der Waals surface area contributed by atoms with Crippen LogP contribution in [0, 0.1) is 11.3 Å². The minimum Gasteiger partial charge on any atom is -0.192 e. The smallest absolute Gasteiger partial charge is 0.0992 e. The predicted octanol–water partition coefficient (Wildman–Crippen LogP) is 12.8. The Morgan fingerprint density at radius 1 is 0.440 bits per heavy atom. The first-order valence-corrected chi connectivity index (χ1v) is 17.9. The van der Waals surface area contributed by atoms with Crippen molar-refractivity contribution in [3.05, 3.63) is 192 Å². The molecule has 1 heterocycles. The Hall–Kier alpha value is -6.27. The minimum atomic E-state index is -0.476. The van der Waals surface area contributed by atoms with Crippen LogP contribution in [0.2, 0.25) is 0 Å². The lowest BCUT2D eigenvalue weighted by Gasteiger charge is -2.30. The van der Waals surface area contributed by atoms with Gasteiger partial charge in [-0.15, -0.1) is 11.3 Å². The van der Waals surface area contributed by atoms with E-state index in [-0.39, 0.29) is 0 Å². The van der Waals surface area contributed by atoms with Gasteiger partial charge in [-0.1, -0.05) is 152 Å². The van der Waals surface area contributed by atoms with E-state index in [1.165, 1.54) is 97.7 Å². The number of fused-ring (bicyclic) bond motifs is 14. The Morgan fingerprint density at radius 2 is 1.00 bits per heavy atom. The summed E-state index contributed by atoms with van der Waals surface area (Å²) in [6.07, 6.45) is 0. The third-order valence-electron chi connectivity index (χ3n) is 11.1. The van der Waals surface area contributed by atoms with Crippen LogP contribution in [0.5, 0.6) is 0 Å². The second-order valence-corrected chi connectivity index (χ2v) is 14.5. The lowest BCUT2D eigenvalue weighted by molar-refractivity contribution is 0.803. The van der Waals surface area contributed by atoms with Gasteiger partial charge in [0.2, 0.25) is 0 Å². The molecule has 1 nitrogen and oxygen atoms in total. The lowest BCUT2D eigenvalue weighted by atomic mass is 9.70. The molecule has 2 aliphatic rings. The molecule has 0 saturated heterocycles. The zero-order valence-corrected chi connectivity index (χ0v) is 27.8.